The molecule has 2 N–H and O–H groups in total. The van der Waals surface area contributed by atoms with Crippen molar-refractivity contribution in [2.45, 2.75) is 38.1 Å². The topological polar surface area (TPSA) is 44.7 Å². The number of rotatable bonds is 5. The van der Waals surface area contributed by atoms with Crippen LogP contribution in [0.15, 0.2) is 30.3 Å². The van der Waals surface area contributed by atoms with E-state index in [0.717, 1.165) is 18.2 Å². The molecule has 0 radical (unpaired) electrons. The Bertz CT molecular complexity index is 416. The summed E-state index contributed by atoms with van der Waals surface area (Å²) in [5.41, 5.74) is 0. The van der Waals surface area contributed by atoms with Crippen molar-refractivity contribution in [1.82, 2.24) is 10.2 Å². The lowest BCUT2D eigenvalue weighted by Gasteiger charge is -2.46. The number of piperidine rings is 3. The third-order valence-electron chi connectivity index (χ3n) is 4.48. The van der Waals surface area contributed by atoms with E-state index in [-0.39, 0.29) is 6.23 Å². The van der Waals surface area contributed by atoms with E-state index in [2.05, 4.69) is 10.2 Å². The molecule has 2 bridgehead atoms. The maximum Gasteiger partial charge on any atom is 0.176 e. The molecule has 3 aliphatic heterocycles. The monoisotopic (exact) mass is 276 g/mol. The van der Waals surface area contributed by atoms with Crippen LogP contribution >= 0.6 is 0 Å². The Kier molecular flexibility index (Phi) is 4.24. The first-order valence-corrected chi connectivity index (χ1v) is 7.60. The van der Waals surface area contributed by atoms with Crippen LogP contribution in [-0.4, -0.2) is 48.0 Å². The van der Waals surface area contributed by atoms with Gasteiger partial charge in [-0.25, -0.2) is 0 Å². The van der Waals surface area contributed by atoms with Crippen molar-refractivity contribution < 1.29 is 9.84 Å². The van der Waals surface area contributed by atoms with Crippen LogP contribution in [0.4, 0.5) is 0 Å². The van der Waals surface area contributed by atoms with E-state index in [1.807, 2.05) is 30.3 Å². The van der Waals surface area contributed by atoms with Crippen molar-refractivity contribution in [3.05, 3.63) is 30.3 Å². The molecule has 3 atom stereocenters. The Morgan fingerprint density at radius 2 is 1.95 bits per heavy atom. The first-order chi connectivity index (χ1) is 9.72. The van der Waals surface area contributed by atoms with Crippen molar-refractivity contribution in [2.75, 3.05) is 19.6 Å². The van der Waals surface area contributed by atoms with Gasteiger partial charge in [0.2, 0.25) is 0 Å². The van der Waals surface area contributed by atoms with Crippen LogP contribution in [0.25, 0.3) is 0 Å². The Morgan fingerprint density at radius 3 is 2.50 bits per heavy atom. The standard InChI is InChI=1S/C16H24N2O2/c1-12(19)16(20-14-5-3-2-4-6-14)17-15-11-18-9-7-13(15)8-10-18/h2-6,12-13,15-17,19H,7-11H2,1H3. The van der Waals surface area contributed by atoms with Gasteiger partial charge in [0, 0.05) is 12.6 Å². The number of hydrogen-bond acceptors (Lipinski definition) is 4. The van der Waals surface area contributed by atoms with Gasteiger partial charge in [-0.1, -0.05) is 18.2 Å². The molecule has 0 aliphatic carbocycles. The van der Waals surface area contributed by atoms with Gasteiger partial charge in [-0.15, -0.1) is 0 Å². The molecule has 3 aliphatic rings. The molecule has 0 spiro atoms. The minimum atomic E-state index is -0.536. The van der Waals surface area contributed by atoms with Crippen molar-refractivity contribution >= 4 is 0 Å². The summed E-state index contributed by atoms with van der Waals surface area (Å²) in [6, 6.07) is 10.1. The van der Waals surface area contributed by atoms with Gasteiger partial charge >= 0.3 is 0 Å². The normalized spacial score (nSPS) is 31.8. The summed E-state index contributed by atoms with van der Waals surface area (Å²) >= 11 is 0. The molecule has 0 aromatic heterocycles. The second kappa shape index (κ2) is 6.12. The quantitative estimate of drug-likeness (QED) is 0.799. The van der Waals surface area contributed by atoms with Crippen LogP contribution in [-0.2, 0) is 0 Å². The van der Waals surface area contributed by atoms with Crippen LogP contribution in [0, 0.1) is 5.92 Å². The van der Waals surface area contributed by atoms with Crippen LogP contribution in [0.5, 0.6) is 5.75 Å². The van der Waals surface area contributed by atoms with E-state index in [1.165, 1.54) is 25.9 Å². The lowest BCUT2D eigenvalue weighted by molar-refractivity contribution is -0.0118. The van der Waals surface area contributed by atoms with E-state index in [0.29, 0.717) is 6.04 Å². The lowest BCUT2D eigenvalue weighted by Crippen LogP contribution is -2.60. The molecule has 1 aromatic carbocycles. The average molecular weight is 276 g/mol. The molecule has 110 valence electrons. The number of ether oxygens (including phenoxy) is 1. The molecule has 4 heteroatoms. The van der Waals surface area contributed by atoms with E-state index in [4.69, 9.17) is 4.74 Å². The van der Waals surface area contributed by atoms with Gasteiger partial charge in [-0.2, -0.15) is 0 Å². The first-order valence-electron chi connectivity index (χ1n) is 7.60. The number of nitrogens with zero attached hydrogens (tertiary/aromatic N) is 1. The van der Waals surface area contributed by atoms with Crippen molar-refractivity contribution in [3.63, 3.8) is 0 Å². The number of para-hydroxylation sites is 1. The van der Waals surface area contributed by atoms with Gasteiger partial charge in [0.25, 0.3) is 0 Å². The maximum absolute atomic E-state index is 9.97. The summed E-state index contributed by atoms with van der Waals surface area (Å²) in [5.74, 6) is 1.52. The van der Waals surface area contributed by atoms with Gasteiger partial charge in [0.05, 0.1) is 0 Å². The number of benzene rings is 1. The predicted octanol–water partition coefficient (Wildman–Crippen LogP) is 1.46. The zero-order valence-corrected chi connectivity index (χ0v) is 12.0. The second-order valence-corrected chi connectivity index (χ2v) is 6.00. The number of aliphatic hydroxyl groups is 1. The van der Waals surface area contributed by atoms with Crippen LogP contribution in [0.1, 0.15) is 19.8 Å². The third-order valence-corrected chi connectivity index (χ3v) is 4.48. The zero-order valence-electron chi connectivity index (χ0n) is 12.0. The summed E-state index contributed by atoms with van der Waals surface area (Å²) in [4.78, 5) is 2.50. The zero-order chi connectivity index (χ0) is 13.9. The van der Waals surface area contributed by atoms with Crippen molar-refractivity contribution in [1.29, 1.82) is 0 Å². The summed E-state index contributed by atoms with van der Waals surface area (Å²) in [6.45, 7) is 5.30. The number of fused-ring (bicyclic) bond motifs is 3. The molecule has 1 aromatic rings. The fourth-order valence-electron chi connectivity index (χ4n) is 3.28. The molecular weight excluding hydrogens is 252 g/mol. The van der Waals surface area contributed by atoms with Gasteiger partial charge in [-0.05, 0) is 50.9 Å². The highest BCUT2D eigenvalue weighted by atomic mass is 16.5. The molecule has 0 saturated carbocycles. The Morgan fingerprint density at radius 1 is 1.25 bits per heavy atom. The highest BCUT2D eigenvalue weighted by molar-refractivity contribution is 5.21. The van der Waals surface area contributed by atoms with E-state index in [1.54, 1.807) is 6.92 Å². The highest BCUT2D eigenvalue weighted by Gasteiger charge is 2.36. The van der Waals surface area contributed by atoms with Crippen LogP contribution in [0.3, 0.4) is 0 Å². The molecule has 3 saturated heterocycles. The summed E-state index contributed by atoms with van der Waals surface area (Å²) in [6.07, 6.45) is 1.64. The minimum absolute atomic E-state index is 0.344. The number of nitrogens with one attached hydrogen (secondary N) is 1. The summed E-state index contributed by atoms with van der Waals surface area (Å²) < 4.78 is 5.91. The molecule has 4 nitrogen and oxygen atoms in total. The summed E-state index contributed by atoms with van der Waals surface area (Å²) in [5, 5.41) is 13.5. The highest BCUT2D eigenvalue weighted by Crippen LogP contribution is 2.28. The van der Waals surface area contributed by atoms with E-state index < -0.39 is 6.10 Å². The first kappa shape index (κ1) is 13.9. The maximum atomic E-state index is 9.97. The van der Waals surface area contributed by atoms with Gasteiger partial charge in [-0.3, -0.25) is 5.32 Å². The lowest BCUT2D eigenvalue weighted by atomic mass is 9.84. The Labute approximate surface area is 120 Å². The largest absolute Gasteiger partial charge is 0.473 e. The Balaban J connectivity index is 1.63. The van der Waals surface area contributed by atoms with Crippen molar-refractivity contribution in [2.24, 2.45) is 5.92 Å². The van der Waals surface area contributed by atoms with Gasteiger partial charge in [0.1, 0.15) is 11.9 Å². The molecule has 4 rings (SSSR count). The van der Waals surface area contributed by atoms with Crippen molar-refractivity contribution in [3.8, 4) is 5.75 Å². The molecular formula is C16H24N2O2. The van der Waals surface area contributed by atoms with Gasteiger partial charge < -0.3 is 14.7 Å². The van der Waals surface area contributed by atoms with Crippen LogP contribution in [0.2, 0.25) is 0 Å². The third kappa shape index (κ3) is 3.14. The number of hydrogen-bond donors (Lipinski definition) is 2. The minimum Gasteiger partial charge on any atom is -0.473 e. The molecule has 3 fully saturated rings. The SMILES string of the molecule is CC(O)C(NC1CN2CCC1CC2)Oc1ccccc1. The Hall–Kier alpha value is -1.10. The average Bonchev–Trinajstić information content (AvgIpc) is 2.49. The van der Waals surface area contributed by atoms with E-state index in [9.17, 15) is 5.11 Å². The van der Waals surface area contributed by atoms with E-state index >= 15 is 0 Å². The molecule has 3 heterocycles. The molecule has 0 amide bonds. The predicted molar refractivity (Wildman–Crippen MR) is 78.6 cm³/mol. The smallest absolute Gasteiger partial charge is 0.176 e. The van der Waals surface area contributed by atoms with Gasteiger partial charge in [0.15, 0.2) is 6.23 Å². The van der Waals surface area contributed by atoms with Crippen LogP contribution < -0.4 is 10.1 Å². The molecule has 3 unspecified atom stereocenters. The number of aliphatic hydroxyl groups excluding tert-OH is 1. The second-order valence-electron chi connectivity index (χ2n) is 6.00. The fraction of sp³-hybridized carbons (Fsp3) is 0.625. The summed E-state index contributed by atoms with van der Waals surface area (Å²) in [7, 11) is 0. The molecule has 20 heavy (non-hydrogen) atoms. The fourth-order valence-corrected chi connectivity index (χ4v) is 3.28.